The number of terminal acetylenes is 1. The van der Waals surface area contributed by atoms with Crippen molar-refractivity contribution in [2.75, 3.05) is 32.7 Å². The van der Waals surface area contributed by atoms with Crippen molar-refractivity contribution in [3.8, 4) is 12.3 Å². The number of carbonyl (C=O) groups is 1. The summed E-state index contributed by atoms with van der Waals surface area (Å²) in [5.74, 6) is 2.87. The number of hydrogen-bond donors (Lipinski definition) is 0. The van der Waals surface area contributed by atoms with Gasteiger partial charge in [-0.25, -0.2) is 0 Å². The lowest BCUT2D eigenvalue weighted by molar-refractivity contribution is -0.141. The van der Waals surface area contributed by atoms with E-state index in [4.69, 9.17) is 6.42 Å². The van der Waals surface area contributed by atoms with E-state index in [0.717, 1.165) is 26.2 Å². The maximum absolute atomic E-state index is 12.0. The highest BCUT2D eigenvalue weighted by atomic mass is 16.2. The predicted octanol–water partition coefficient (Wildman–Crippen LogP) is 0.810. The van der Waals surface area contributed by atoms with E-state index in [1.807, 2.05) is 25.7 Å². The van der Waals surface area contributed by atoms with E-state index in [1.54, 1.807) is 0 Å². The number of rotatable bonds is 1. The molecule has 0 radical (unpaired) electrons. The van der Waals surface area contributed by atoms with Gasteiger partial charge in [0.2, 0.25) is 5.91 Å². The molecule has 1 amide bonds. The van der Waals surface area contributed by atoms with Crippen LogP contribution in [0.15, 0.2) is 0 Å². The van der Waals surface area contributed by atoms with Crippen LogP contribution in [0.4, 0.5) is 0 Å². The summed E-state index contributed by atoms with van der Waals surface area (Å²) in [6.45, 7) is 9.97. The first-order valence-corrected chi connectivity index (χ1v) is 5.40. The second-order valence-corrected chi connectivity index (χ2v) is 5.02. The van der Waals surface area contributed by atoms with Crippen LogP contribution in [0, 0.1) is 17.8 Å². The number of carbonyl (C=O) groups excluding carboxylic acids is 1. The van der Waals surface area contributed by atoms with Crippen LogP contribution >= 0.6 is 0 Å². The molecular formula is C12H20N2O. The van der Waals surface area contributed by atoms with Gasteiger partial charge in [0, 0.05) is 31.6 Å². The third kappa shape index (κ3) is 3.24. The third-order valence-electron chi connectivity index (χ3n) is 2.62. The van der Waals surface area contributed by atoms with E-state index in [2.05, 4.69) is 10.8 Å². The van der Waals surface area contributed by atoms with Crippen molar-refractivity contribution in [3.05, 3.63) is 0 Å². The Morgan fingerprint density at radius 1 is 1.27 bits per heavy atom. The van der Waals surface area contributed by atoms with Gasteiger partial charge in [0.05, 0.1) is 6.54 Å². The first-order valence-electron chi connectivity index (χ1n) is 5.40. The van der Waals surface area contributed by atoms with Crippen LogP contribution in [-0.4, -0.2) is 48.4 Å². The Morgan fingerprint density at radius 2 is 1.80 bits per heavy atom. The lowest BCUT2D eigenvalue weighted by Gasteiger charge is -2.36. The number of hydrogen-bond acceptors (Lipinski definition) is 2. The minimum absolute atomic E-state index is 0.239. The van der Waals surface area contributed by atoms with Crippen molar-refractivity contribution in [2.45, 2.75) is 20.8 Å². The first-order chi connectivity index (χ1) is 6.95. The average molecular weight is 208 g/mol. The molecule has 84 valence electrons. The molecule has 1 saturated heterocycles. The van der Waals surface area contributed by atoms with Gasteiger partial charge in [0.15, 0.2) is 0 Å². The molecule has 0 unspecified atom stereocenters. The van der Waals surface area contributed by atoms with Gasteiger partial charge in [-0.05, 0) is 0 Å². The highest BCUT2D eigenvalue weighted by Gasteiger charge is 2.29. The van der Waals surface area contributed by atoms with Crippen molar-refractivity contribution >= 4 is 5.91 Å². The van der Waals surface area contributed by atoms with E-state index in [-0.39, 0.29) is 11.3 Å². The SMILES string of the molecule is C#CCN1CCN(C(=O)C(C)(C)C)CC1. The highest BCUT2D eigenvalue weighted by molar-refractivity contribution is 5.81. The molecule has 0 aliphatic carbocycles. The standard InChI is InChI=1S/C12H20N2O/c1-5-6-13-7-9-14(10-8-13)11(15)12(2,3)4/h1H,6-10H2,2-4H3. The molecule has 0 bridgehead atoms. The fraction of sp³-hybridized carbons (Fsp3) is 0.750. The predicted molar refractivity (Wildman–Crippen MR) is 61.3 cm³/mol. The van der Waals surface area contributed by atoms with Crippen molar-refractivity contribution in [1.82, 2.24) is 9.80 Å². The average Bonchev–Trinajstić information content (AvgIpc) is 2.17. The summed E-state index contributed by atoms with van der Waals surface area (Å²) in [5.41, 5.74) is -0.270. The zero-order valence-electron chi connectivity index (χ0n) is 9.92. The molecule has 0 aromatic carbocycles. The molecule has 0 N–H and O–H groups in total. The van der Waals surface area contributed by atoms with E-state index in [0.29, 0.717) is 6.54 Å². The maximum Gasteiger partial charge on any atom is 0.228 e. The van der Waals surface area contributed by atoms with Crippen LogP contribution < -0.4 is 0 Å². The molecule has 0 atom stereocenters. The summed E-state index contributed by atoms with van der Waals surface area (Å²) >= 11 is 0. The number of amides is 1. The Hall–Kier alpha value is -1.01. The normalized spacial score (nSPS) is 18.7. The van der Waals surface area contributed by atoms with E-state index >= 15 is 0 Å². The summed E-state index contributed by atoms with van der Waals surface area (Å²) < 4.78 is 0. The molecule has 0 aromatic heterocycles. The Morgan fingerprint density at radius 3 is 2.20 bits per heavy atom. The molecule has 1 rings (SSSR count). The zero-order valence-corrected chi connectivity index (χ0v) is 9.92. The van der Waals surface area contributed by atoms with Crippen LogP contribution in [0.5, 0.6) is 0 Å². The van der Waals surface area contributed by atoms with Gasteiger partial charge in [-0.2, -0.15) is 0 Å². The second-order valence-electron chi connectivity index (χ2n) is 5.02. The van der Waals surface area contributed by atoms with Crippen molar-refractivity contribution in [1.29, 1.82) is 0 Å². The van der Waals surface area contributed by atoms with Gasteiger partial charge >= 0.3 is 0 Å². The molecule has 0 saturated carbocycles. The minimum atomic E-state index is -0.270. The molecular weight excluding hydrogens is 188 g/mol. The lowest BCUT2D eigenvalue weighted by Crippen LogP contribution is -2.51. The molecule has 0 aromatic rings. The maximum atomic E-state index is 12.0. The fourth-order valence-corrected chi connectivity index (χ4v) is 1.71. The molecule has 1 aliphatic rings. The third-order valence-corrected chi connectivity index (χ3v) is 2.62. The number of nitrogens with zero attached hydrogens (tertiary/aromatic N) is 2. The minimum Gasteiger partial charge on any atom is -0.340 e. The Bertz CT molecular complexity index is 264. The molecule has 15 heavy (non-hydrogen) atoms. The fourth-order valence-electron chi connectivity index (χ4n) is 1.71. The van der Waals surface area contributed by atoms with E-state index < -0.39 is 0 Å². The quantitative estimate of drug-likeness (QED) is 0.595. The summed E-state index contributed by atoms with van der Waals surface area (Å²) in [5, 5.41) is 0. The lowest BCUT2D eigenvalue weighted by atomic mass is 9.94. The molecule has 1 fully saturated rings. The summed E-state index contributed by atoms with van der Waals surface area (Å²) in [6.07, 6.45) is 5.25. The summed E-state index contributed by atoms with van der Waals surface area (Å²) in [6, 6.07) is 0. The van der Waals surface area contributed by atoms with Crippen LogP contribution in [0.1, 0.15) is 20.8 Å². The molecule has 3 heteroatoms. The molecule has 3 nitrogen and oxygen atoms in total. The monoisotopic (exact) mass is 208 g/mol. The highest BCUT2D eigenvalue weighted by Crippen LogP contribution is 2.18. The van der Waals surface area contributed by atoms with Crippen molar-refractivity contribution < 1.29 is 4.79 Å². The van der Waals surface area contributed by atoms with Gasteiger partial charge in [0.1, 0.15) is 0 Å². The van der Waals surface area contributed by atoms with E-state index in [1.165, 1.54) is 0 Å². The van der Waals surface area contributed by atoms with Crippen molar-refractivity contribution in [3.63, 3.8) is 0 Å². The number of piperazine rings is 1. The Balaban J connectivity index is 2.45. The second kappa shape index (κ2) is 4.67. The van der Waals surface area contributed by atoms with Crippen LogP contribution in [0.25, 0.3) is 0 Å². The molecule has 1 aliphatic heterocycles. The van der Waals surface area contributed by atoms with Crippen molar-refractivity contribution in [2.24, 2.45) is 5.41 Å². The van der Waals surface area contributed by atoms with Gasteiger partial charge in [-0.3, -0.25) is 9.69 Å². The van der Waals surface area contributed by atoms with Gasteiger partial charge in [-0.1, -0.05) is 26.7 Å². The molecule has 1 heterocycles. The smallest absolute Gasteiger partial charge is 0.228 e. The summed E-state index contributed by atoms with van der Waals surface area (Å²) in [7, 11) is 0. The van der Waals surface area contributed by atoms with Gasteiger partial charge in [0.25, 0.3) is 0 Å². The van der Waals surface area contributed by atoms with Crippen LogP contribution in [-0.2, 0) is 4.79 Å². The molecule has 0 spiro atoms. The van der Waals surface area contributed by atoms with Gasteiger partial charge < -0.3 is 4.90 Å². The first kappa shape index (κ1) is 12.1. The Labute approximate surface area is 92.4 Å². The topological polar surface area (TPSA) is 23.6 Å². The van der Waals surface area contributed by atoms with E-state index in [9.17, 15) is 4.79 Å². The largest absolute Gasteiger partial charge is 0.340 e. The Kier molecular flexibility index (Phi) is 3.76. The van der Waals surface area contributed by atoms with Crippen LogP contribution in [0.2, 0.25) is 0 Å². The van der Waals surface area contributed by atoms with Gasteiger partial charge in [-0.15, -0.1) is 6.42 Å². The van der Waals surface area contributed by atoms with Crippen LogP contribution in [0.3, 0.4) is 0 Å². The summed E-state index contributed by atoms with van der Waals surface area (Å²) in [4.78, 5) is 16.1. The zero-order chi connectivity index (χ0) is 11.5.